The number of halogens is 3. The van der Waals surface area contributed by atoms with Gasteiger partial charge in [0.1, 0.15) is 0 Å². The van der Waals surface area contributed by atoms with Crippen LogP contribution < -0.4 is 5.32 Å². The first-order valence-corrected chi connectivity index (χ1v) is 7.12. The molecule has 0 heterocycles. The van der Waals surface area contributed by atoms with E-state index in [1.165, 1.54) is 0 Å². The maximum atomic E-state index is 12.7. The number of alkyl halides is 3. The molecule has 2 nitrogen and oxygen atoms in total. The number of hydrogen-bond donors (Lipinski definition) is 1. The van der Waals surface area contributed by atoms with E-state index in [0.717, 1.165) is 19.8 Å². The van der Waals surface area contributed by atoms with Crippen LogP contribution in [0.15, 0.2) is 0 Å². The molecule has 1 N–H and O–H groups in total. The van der Waals surface area contributed by atoms with E-state index < -0.39 is 17.9 Å². The maximum absolute atomic E-state index is 12.7. The Kier molecular flexibility index (Phi) is 5.68. The maximum Gasteiger partial charge on any atom is 0.414 e. The van der Waals surface area contributed by atoms with Crippen LogP contribution in [0.1, 0.15) is 53.4 Å². The lowest BCUT2D eigenvalue weighted by atomic mass is 9.78. The third kappa shape index (κ3) is 5.30. The summed E-state index contributed by atoms with van der Waals surface area (Å²) in [5.74, 6) is 0.420. The van der Waals surface area contributed by atoms with Crippen LogP contribution in [0.4, 0.5) is 13.2 Å². The molecule has 0 amide bonds. The van der Waals surface area contributed by atoms with E-state index in [-0.39, 0.29) is 6.04 Å². The summed E-state index contributed by atoms with van der Waals surface area (Å²) in [4.78, 5) is 0. The van der Waals surface area contributed by atoms with Crippen LogP contribution in [-0.2, 0) is 4.74 Å². The van der Waals surface area contributed by atoms with Crippen LogP contribution in [0.2, 0.25) is 0 Å². The lowest BCUT2D eigenvalue weighted by molar-refractivity contribution is -0.253. The second-order valence-corrected chi connectivity index (χ2v) is 6.22. The van der Waals surface area contributed by atoms with E-state index in [0.29, 0.717) is 25.3 Å². The van der Waals surface area contributed by atoms with Crippen molar-refractivity contribution in [2.75, 3.05) is 6.54 Å². The third-order valence-electron chi connectivity index (χ3n) is 3.77. The minimum atomic E-state index is -4.29. The highest BCUT2D eigenvalue weighted by Gasteiger charge is 2.44. The van der Waals surface area contributed by atoms with Crippen molar-refractivity contribution >= 4 is 0 Å². The van der Waals surface area contributed by atoms with Gasteiger partial charge in [-0.3, -0.25) is 0 Å². The van der Waals surface area contributed by atoms with Gasteiger partial charge in [-0.05, 0) is 25.7 Å². The van der Waals surface area contributed by atoms with E-state index in [1.54, 1.807) is 0 Å². The van der Waals surface area contributed by atoms with Crippen molar-refractivity contribution in [3.63, 3.8) is 0 Å². The molecule has 19 heavy (non-hydrogen) atoms. The fourth-order valence-corrected chi connectivity index (χ4v) is 2.75. The van der Waals surface area contributed by atoms with Gasteiger partial charge in [0.15, 0.2) is 6.10 Å². The highest BCUT2D eigenvalue weighted by molar-refractivity contribution is 4.91. The Morgan fingerprint density at radius 1 is 1.32 bits per heavy atom. The van der Waals surface area contributed by atoms with Crippen molar-refractivity contribution in [3.8, 4) is 0 Å². The first-order valence-electron chi connectivity index (χ1n) is 7.12. The van der Waals surface area contributed by atoms with Gasteiger partial charge in [0.25, 0.3) is 0 Å². The number of rotatable bonds is 5. The molecule has 0 radical (unpaired) electrons. The molecule has 1 saturated carbocycles. The zero-order valence-electron chi connectivity index (χ0n) is 12.3. The van der Waals surface area contributed by atoms with Crippen LogP contribution in [0, 0.1) is 5.92 Å². The summed E-state index contributed by atoms with van der Waals surface area (Å²) >= 11 is 0. The molecule has 3 unspecified atom stereocenters. The number of hydrogen-bond acceptors (Lipinski definition) is 2. The van der Waals surface area contributed by atoms with Gasteiger partial charge in [0.2, 0.25) is 0 Å². The highest BCUT2D eigenvalue weighted by atomic mass is 19.4. The summed E-state index contributed by atoms with van der Waals surface area (Å²) in [6.45, 7) is 7.68. The van der Waals surface area contributed by atoms with Gasteiger partial charge in [0.05, 0.1) is 5.60 Å². The average molecular weight is 281 g/mol. The molecule has 0 bridgehead atoms. The monoisotopic (exact) mass is 281 g/mol. The van der Waals surface area contributed by atoms with Gasteiger partial charge in [-0.15, -0.1) is 0 Å². The molecule has 0 aromatic carbocycles. The molecule has 0 aromatic heterocycles. The van der Waals surface area contributed by atoms with Gasteiger partial charge in [-0.2, -0.15) is 13.2 Å². The second kappa shape index (κ2) is 6.44. The molecule has 1 rings (SSSR count). The molecular formula is C14H26F3NO. The van der Waals surface area contributed by atoms with Crippen LogP contribution in [0.25, 0.3) is 0 Å². The Bertz CT molecular complexity index is 280. The summed E-state index contributed by atoms with van der Waals surface area (Å²) in [5, 5.41) is 3.24. The normalized spacial score (nSPS) is 30.6. The molecule has 114 valence electrons. The van der Waals surface area contributed by atoms with Crippen molar-refractivity contribution in [2.45, 2.75) is 77.3 Å². The Labute approximate surface area is 114 Å². The summed E-state index contributed by atoms with van der Waals surface area (Å²) in [6, 6.07) is 0.249. The van der Waals surface area contributed by atoms with Gasteiger partial charge in [-0.25, -0.2) is 0 Å². The zero-order valence-corrected chi connectivity index (χ0v) is 12.3. The van der Waals surface area contributed by atoms with Gasteiger partial charge < -0.3 is 10.1 Å². The number of ether oxygens (including phenoxy) is 1. The highest BCUT2D eigenvalue weighted by Crippen LogP contribution is 2.38. The fraction of sp³-hybridized carbons (Fsp3) is 1.00. The summed E-state index contributed by atoms with van der Waals surface area (Å²) < 4.78 is 43.7. The topological polar surface area (TPSA) is 21.3 Å². The Morgan fingerprint density at radius 3 is 2.42 bits per heavy atom. The first-order chi connectivity index (χ1) is 8.65. The molecule has 1 aliphatic carbocycles. The van der Waals surface area contributed by atoms with Crippen molar-refractivity contribution in [3.05, 3.63) is 0 Å². The lowest BCUT2D eigenvalue weighted by Crippen LogP contribution is -2.51. The summed E-state index contributed by atoms with van der Waals surface area (Å²) in [7, 11) is 0. The Hall–Kier alpha value is -0.290. The second-order valence-electron chi connectivity index (χ2n) is 6.22. The van der Waals surface area contributed by atoms with E-state index >= 15 is 0 Å². The third-order valence-corrected chi connectivity index (χ3v) is 3.77. The predicted octanol–water partition coefficient (Wildman–Crippen LogP) is 3.90. The van der Waals surface area contributed by atoms with Crippen LogP contribution in [0.5, 0.6) is 0 Å². The summed E-state index contributed by atoms with van der Waals surface area (Å²) in [6.07, 6.45) is -2.57. The predicted molar refractivity (Wildman–Crippen MR) is 70.1 cm³/mol. The quantitative estimate of drug-likeness (QED) is 0.825. The van der Waals surface area contributed by atoms with Crippen molar-refractivity contribution in [1.29, 1.82) is 0 Å². The lowest BCUT2D eigenvalue weighted by Gasteiger charge is -2.42. The smallest absolute Gasteiger partial charge is 0.361 e. The zero-order chi connectivity index (χ0) is 14.7. The van der Waals surface area contributed by atoms with Crippen LogP contribution >= 0.6 is 0 Å². The van der Waals surface area contributed by atoms with E-state index in [9.17, 15) is 13.2 Å². The molecule has 5 heteroatoms. The van der Waals surface area contributed by atoms with E-state index in [4.69, 9.17) is 4.74 Å². The largest absolute Gasteiger partial charge is 0.414 e. The molecule has 0 aromatic rings. The van der Waals surface area contributed by atoms with Crippen LogP contribution in [0.3, 0.4) is 0 Å². The molecule has 1 aliphatic rings. The van der Waals surface area contributed by atoms with Crippen LogP contribution in [-0.4, -0.2) is 30.5 Å². The minimum Gasteiger partial charge on any atom is -0.361 e. The van der Waals surface area contributed by atoms with E-state index in [1.807, 2.05) is 13.8 Å². The van der Waals surface area contributed by atoms with Gasteiger partial charge in [-0.1, -0.05) is 33.6 Å². The first kappa shape index (κ1) is 16.8. The number of nitrogens with one attached hydrogen (secondary N) is 1. The van der Waals surface area contributed by atoms with Crippen molar-refractivity contribution in [1.82, 2.24) is 5.32 Å². The fourth-order valence-electron chi connectivity index (χ4n) is 2.75. The standard InChI is InChI=1S/C14H26F3NO/c1-10(2)18-9-13(7-5-6-11(3)8-13)19-12(4)14(15,16)17/h10-12,18H,5-9H2,1-4H3. The molecule has 3 atom stereocenters. The van der Waals surface area contributed by atoms with Gasteiger partial charge >= 0.3 is 6.18 Å². The molecule has 0 spiro atoms. The Balaban J connectivity index is 2.73. The van der Waals surface area contributed by atoms with Crippen molar-refractivity contribution in [2.24, 2.45) is 5.92 Å². The molecule has 1 fully saturated rings. The molecular weight excluding hydrogens is 255 g/mol. The average Bonchev–Trinajstić information content (AvgIpc) is 2.25. The Morgan fingerprint density at radius 2 is 1.95 bits per heavy atom. The van der Waals surface area contributed by atoms with Gasteiger partial charge in [0, 0.05) is 12.6 Å². The summed E-state index contributed by atoms with van der Waals surface area (Å²) in [5.41, 5.74) is -0.670. The molecule has 0 saturated heterocycles. The SMILES string of the molecule is CC1CCCC(CNC(C)C)(OC(C)C(F)(F)F)C1. The van der Waals surface area contributed by atoms with E-state index in [2.05, 4.69) is 12.2 Å². The molecule has 0 aliphatic heterocycles. The van der Waals surface area contributed by atoms with Crippen molar-refractivity contribution < 1.29 is 17.9 Å². The minimum absolute atomic E-state index is 0.249.